The molecule has 0 fully saturated rings. The molecule has 0 saturated carbocycles. The normalized spacial score (nSPS) is 10.7. The van der Waals surface area contributed by atoms with Gasteiger partial charge in [-0.1, -0.05) is 0 Å². The van der Waals surface area contributed by atoms with Crippen LogP contribution in [0.2, 0.25) is 0 Å². The van der Waals surface area contributed by atoms with Gasteiger partial charge >= 0.3 is 0 Å². The molecular weight excluding hydrogens is 260 g/mol. The maximum Gasteiger partial charge on any atom is 0.0925 e. The molecule has 2 heterocycles. The molecule has 5 nitrogen and oxygen atoms in total. The zero-order chi connectivity index (χ0) is 13.5. The lowest BCUT2D eigenvalue weighted by molar-refractivity contribution is 0.134. The lowest BCUT2D eigenvalue weighted by atomic mass is 10.2. The van der Waals surface area contributed by atoms with Crippen LogP contribution in [0.15, 0.2) is 23.8 Å². The molecule has 0 aliphatic rings. The molecule has 2 aromatic heterocycles. The molecule has 0 unspecified atom stereocenters. The van der Waals surface area contributed by atoms with E-state index in [1.807, 2.05) is 11.6 Å². The first kappa shape index (κ1) is 13.8. The molecule has 6 heteroatoms. The third-order valence-corrected chi connectivity index (χ3v) is 3.59. The Morgan fingerprint density at radius 3 is 2.79 bits per heavy atom. The lowest BCUT2D eigenvalue weighted by Gasteiger charge is -2.07. The monoisotopic (exact) mass is 278 g/mol. The molecule has 0 radical (unpaired) electrons. The summed E-state index contributed by atoms with van der Waals surface area (Å²) in [6, 6.07) is 1.70. The van der Waals surface area contributed by atoms with E-state index < -0.39 is 0 Å². The van der Waals surface area contributed by atoms with Crippen molar-refractivity contribution in [3.05, 3.63) is 34.5 Å². The summed E-state index contributed by atoms with van der Waals surface area (Å²) in [6.07, 6.45) is 6.14. The van der Waals surface area contributed by atoms with Gasteiger partial charge in [0.15, 0.2) is 0 Å². The number of pyridine rings is 1. The van der Waals surface area contributed by atoms with Gasteiger partial charge < -0.3 is 16.2 Å². The molecule has 0 amide bonds. The maximum atomic E-state index is 5.84. The van der Waals surface area contributed by atoms with E-state index >= 15 is 0 Å². The van der Waals surface area contributed by atoms with Crippen LogP contribution in [0.5, 0.6) is 0 Å². The van der Waals surface area contributed by atoms with Crippen molar-refractivity contribution < 1.29 is 4.74 Å². The van der Waals surface area contributed by atoms with E-state index in [9.17, 15) is 0 Å². The first-order valence-electron chi connectivity index (χ1n) is 6.22. The van der Waals surface area contributed by atoms with Crippen molar-refractivity contribution in [2.45, 2.75) is 19.3 Å². The summed E-state index contributed by atoms with van der Waals surface area (Å²) in [5.74, 6) is 0. The quantitative estimate of drug-likeness (QED) is 0.755. The summed E-state index contributed by atoms with van der Waals surface area (Å²) >= 11 is 1.68. The molecule has 102 valence electrons. The Labute approximate surface area is 116 Å². The van der Waals surface area contributed by atoms with Crippen LogP contribution in [-0.2, 0) is 17.6 Å². The van der Waals surface area contributed by atoms with E-state index in [0.717, 1.165) is 30.2 Å². The molecule has 2 rings (SSSR count). The van der Waals surface area contributed by atoms with Crippen LogP contribution in [-0.4, -0.2) is 23.2 Å². The summed E-state index contributed by atoms with van der Waals surface area (Å²) in [7, 11) is 0. The van der Waals surface area contributed by atoms with Gasteiger partial charge in [0.05, 0.1) is 28.7 Å². The first-order valence-corrected chi connectivity index (χ1v) is 7.10. The van der Waals surface area contributed by atoms with Crippen molar-refractivity contribution in [3.8, 4) is 0 Å². The lowest BCUT2D eigenvalue weighted by Crippen LogP contribution is -2.07. The molecule has 0 aliphatic heterocycles. The van der Waals surface area contributed by atoms with E-state index in [-0.39, 0.29) is 0 Å². The minimum absolute atomic E-state index is 0.564. The van der Waals surface area contributed by atoms with Crippen molar-refractivity contribution in [2.75, 3.05) is 24.7 Å². The highest BCUT2D eigenvalue weighted by molar-refractivity contribution is 7.09. The fourth-order valence-electron chi connectivity index (χ4n) is 1.71. The van der Waals surface area contributed by atoms with E-state index in [2.05, 4.69) is 9.97 Å². The molecule has 0 atom stereocenters. The molecule has 0 aliphatic carbocycles. The minimum atomic E-state index is 0.564. The van der Waals surface area contributed by atoms with Gasteiger partial charge in [0.25, 0.3) is 0 Å². The summed E-state index contributed by atoms with van der Waals surface area (Å²) in [5, 5.41) is 3.15. The Morgan fingerprint density at radius 1 is 1.11 bits per heavy atom. The van der Waals surface area contributed by atoms with Crippen LogP contribution in [0.4, 0.5) is 11.4 Å². The number of nitrogens with zero attached hydrogens (tertiary/aromatic N) is 2. The molecule has 2 aromatic rings. The van der Waals surface area contributed by atoms with Crippen molar-refractivity contribution in [1.82, 2.24) is 9.97 Å². The topological polar surface area (TPSA) is 87.0 Å². The zero-order valence-electron chi connectivity index (χ0n) is 10.7. The fraction of sp³-hybridized carbons (Fsp3) is 0.385. The number of hydrogen-bond acceptors (Lipinski definition) is 6. The number of nitrogens with two attached hydrogens (primary N) is 2. The summed E-state index contributed by atoms with van der Waals surface area (Å²) < 4.78 is 5.57. The van der Waals surface area contributed by atoms with Gasteiger partial charge in [0, 0.05) is 37.2 Å². The second-order valence-electron chi connectivity index (χ2n) is 4.15. The van der Waals surface area contributed by atoms with Gasteiger partial charge in [-0.2, -0.15) is 0 Å². The van der Waals surface area contributed by atoms with Crippen LogP contribution >= 0.6 is 11.3 Å². The van der Waals surface area contributed by atoms with Gasteiger partial charge in [0.2, 0.25) is 0 Å². The molecule has 0 spiro atoms. The van der Waals surface area contributed by atoms with Gasteiger partial charge in [0.1, 0.15) is 0 Å². The smallest absolute Gasteiger partial charge is 0.0925 e. The number of aryl methyl sites for hydroxylation is 1. The Bertz CT molecular complexity index is 501. The van der Waals surface area contributed by atoms with Crippen molar-refractivity contribution >= 4 is 22.7 Å². The fourth-order valence-corrected chi connectivity index (χ4v) is 2.37. The highest BCUT2D eigenvalue weighted by Gasteiger charge is 2.03. The number of nitrogen functional groups attached to an aromatic ring is 2. The highest BCUT2D eigenvalue weighted by atomic mass is 32.1. The number of aromatic nitrogens is 2. The number of thiazole rings is 1. The maximum absolute atomic E-state index is 5.84. The van der Waals surface area contributed by atoms with Gasteiger partial charge in [-0.05, 0) is 12.5 Å². The van der Waals surface area contributed by atoms with Crippen molar-refractivity contribution in [3.63, 3.8) is 0 Å². The van der Waals surface area contributed by atoms with Crippen molar-refractivity contribution in [1.29, 1.82) is 0 Å². The van der Waals surface area contributed by atoms with E-state index in [1.54, 1.807) is 23.6 Å². The Balaban J connectivity index is 1.63. The van der Waals surface area contributed by atoms with Gasteiger partial charge in [-0.15, -0.1) is 11.3 Å². The van der Waals surface area contributed by atoms with Crippen LogP contribution in [0.3, 0.4) is 0 Å². The highest BCUT2D eigenvalue weighted by Crippen LogP contribution is 2.17. The first-order chi connectivity index (χ1) is 9.27. The van der Waals surface area contributed by atoms with E-state index in [1.165, 1.54) is 0 Å². The molecule has 4 N–H and O–H groups in total. The Kier molecular flexibility index (Phi) is 5.11. The Hall–Kier alpha value is -1.66. The average Bonchev–Trinajstić information content (AvgIpc) is 2.91. The second kappa shape index (κ2) is 7.06. The van der Waals surface area contributed by atoms with Crippen LogP contribution < -0.4 is 11.5 Å². The summed E-state index contributed by atoms with van der Waals surface area (Å²) in [6.45, 7) is 1.33. The molecular formula is C13H18N4OS. The molecule has 19 heavy (non-hydrogen) atoms. The predicted octanol–water partition coefficient (Wildman–Crippen LogP) is 1.89. The van der Waals surface area contributed by atoms with Crippen molar-refractivity contribution in [2.24, 2.45) is 0 Å². The minimum Gasteiger partial charge on any atom is -0.397 e. The number of rotatable bonds is 7. The standard InChI is InChI=1S/C13H18N4OS/c14-10-3-5-16-11(13(10)15)4-8-18-7-1-2-12-17-6-9-19-12/h3,5-6,9H,1-2,4,7-8,15H2,(H2,14,16). The largest absolute Gasteiger partial charge is 0.397 e. The Morgan fingerprint density at radius 2 is 2.00 bits per heavy atom. The SMILES string of the molecule is Nc1ccnc(CCOCCCc2nccs2)c1N. The molecule has 0 saturated heterocycles. The predicted molar refractivity (Wildman–Crippen MR) is 78.0 cm³/mol. The van der Waals surface area contributed by atoms with Gasteiger partial charge in [-0.25, -0.2) is 4.98 Å². The van der Waals surface area contributed by atoms with Crippen LogP contribution in [0.1, 0.15) is 17.1 Å². The number of anilines is 2. The number of hydrogen-bond donors (Lipinski definition) is 2. The third-order valence-electron chi connectivity index (χ3n) is 2.75. The average molecular weight is 278 g/mol. The third kappa shape index (κ3) is 4.18. The summed E-state index contributed by atoms with van der Waals surface area (Å²) in [4.78, 5) is 8.43. The van der Waals surface area contributed by atoms with Gasteiger partial charge in [-0.3, -0.25) is 4.98 Å². The van der Waals surface area contributed by atoms with Crippen LogP contribution in [0.25, 0.3) is 0 Å². The van der Waals surface area contributed by atoms with E-state index in [4.69, 9.17) is 16.2 Å². The molecule has 0 bridgehead atoms. The number of ether oxygens (including phenoxy) is 1. The van der Waals surface area contributed by atoms with E-state index in [0.29, 0.717) is 24.4 Å². The summed E-state index contributed by atoms with van der Waals surface area (Å²) in [5.41, 5.74) is 13.5. The second-order valence-corrected chi connectivity index (χ2v) is 5.13. The van der Waals surface area contributed by atoms with Crippen LogP contribution in [0, 0.1) is 0 Å². The zero-order valence-corrected chi connectivity index (χ0v) is 11.5. The molecule has 0 aromatic carbocycles.